The predicted molar refractivity (Wildman–Crippen MR) is 288 cm³/mol. The number of halogens is 1. The number of nitrogens with zero attached hydrogens (tertiary/aromatic N) is 5. The average Bonchev–Trinajstić information content (AvgIpc) is 3.33. The lowest BCUT2D eigenvalue weighted by molar-refractivity contribution is -0.955. The van der Waals surface area contributed by atoms with E-state index < -0.39 is 4.16 Å². The topological polar surface area (TPSA) is 175 Å². The number of benzene rings is 3. The van der Waals surface area contributed by atoms with Gasteiger partial charge in [0.25, 0.3) is 5.95 Å². The first kappa shape index (κ1) is 60.0. The zero-order chi connectivity index (χ0) is 53.1. The fourth-order valence-electron chi connectivity index (χ4n) is 8.00. The van der Waals surface area contributed by atoms with Crippen molar-refractivity contribution >= 4 is 59.4 Å². The molecule has 13 nitrogen and oxygen atoms in total. The number of hydrogen-bond acceptors (Lipinski definition) is 11. The van der Waals surface area contributed by atoms with E-state index in [0.29, 0.717) is 46.7 Å². The highest BCUT2D eigenvalue weighted by Crippen LogP contribution is 2.40. The number of aromatic nitrogens is 2. The predicted octanol–water partition coefficient (Wildman–Crippen LogP) is 13.5. The second-order valence-electron chi connectivity index (χ2n) is 19.5. The molecule has 3 unspecified atom stereocenters. The molecule has 1 saturated heterocycles. The Morgan fingerprint density at radius 1 is 0.986 bits per heavy atom. The van der Waals surface area contributed by atoms with Gasteiger partial charge in [-0.1, -0.05) is 105 Å². The molecule has 3 aromatic carbocycles. The second kappa shape index (κ2) is 28.1. The number of hydrogen-bond donors (Lipinski definition) is 4. The van der Waals surface area contributed by atoms with Crippen LogP contribution in [0.2, 0.25) is 5.02 Å². The van der Waals surface area contributed by atoms with Gasteiger partial charge in [0.05, 0.1) is 17.3 Å². The third kappa shape index (κ3) is 18.3. The van der Waals surface area contributed by atoms with Crippen LogP contribution in [0.25, 0.3) is 0 Å². The van der Waals surface area contributed by atoms with Gasteiger partial charge in [-0.3, -0.25) is 14.4 Å². The summed E-state index contributed by atoms with van der Waals surface area (Å²) in [5.41, 5.74) is 9.22. The number of quaternary nitrogens is 1. The SMILES string of the molecule is CCC(=O)CCC(C)C(C)=O.CCCCCC1(CC)CN(C(=O)Nc2ccc(C(=O)C(C)CC)c(CC)c2)C1.Cc1c(Cl)cc(C(C)(C)c2ccc(OCc3ccnc(N[N+](C)(O)S)n3)cc2)cc1C#N. The molecule has 1 aliphatic heterocycles. The van der Waals surface area contributed by atoms with Crippen molar-refractivity contribution in [1.82, 2.24) is 14.9 Å². The summed E-state index contributed by atoms with van der Waals surface area (Å²) in [7, 11) is 1.42. The van der Waals surface area contributed by atoms with E-state index >= 15 is 0 Å². The van der Waals surface area contributed by atoms with Gasteiger partial charge in [-0.25, -0.2) is 14.8 Å². The summed E-state index contributed by atoms with van der Waals surface area (Å²) in [6.07, 6.45) is 11.2. The van der Waals surface area contributed by atoms with Crippen molar-refractivity contribution in [2.75, 3.05) is 30.9 Å². The van der Waals surface area contributed by atoms with E-state index in [0.717, 1.165) is 65.9 Å². The fraction of sp³-hybridized carbons (Fsp3) is 0.518. The minimum atomic E-state index is -0.788. The first-order valence-electron chi connectivity index (χ1n) is 25.1. The zero-order valence-electron chi connectivity index (χ0n) is 44.2. The number of likely N-dealkylation sites (tertiary alicyclic amines) is 1. The van der Waals surface area contributed by atoms with Crippen molar-refractivity contribution in [3.05, 3.63) is 111 Å². The van der Waals surface area contributed by atoms with Crippen LogP contribution in [0.5, 0.6) is 5.75 Å². The summed E-state index contributed by atoms with van der Waals surface area (Å²) < 4.78 is 5.06. The molecule has 0 radical (unpaired) electrons. The first-order valence-corrected chi connectivity index (χ1v) is 25.9. The van der Waals surface area contributed by atoms with Crippen LogP contribution in [0.4, 0.5) is 16.4 Å². The number of unbranched alkanes of at least 4 members (excludes halogenated alkanes) is 2. The van der Waals surface area contributed by atoms with Crippen molar-refractivity contribution in [1.29, 1.82) is 5.26 Å². The quantitative estimate of drug-likeness (QED) is 0.0195. The van der Waals surface area contributed by atoms with Crippen molar-refractivity contribution < 1.29 is 33.3 Å². The number of urea groups is 1. The Morgan fingerprint density at radius 3 is 2.23 bits per heavy atom. The maximum atomic E-state index is 12.6. The number of hydroxylamine groups is 1. The van der Waals surface area contributed by atoms with E-state index in [1.807, 2.05) is 94.1 Å². The van der Waals surface area contributed by atoms with Crippen molar-refractivity contribution in [2.45, 2.75) is 152 Å². The van der Waals surface area contributed by atoms with Crippen LogP contribution in [0.3, 0.4) is 0 Å². The molecule has 3 atom stereocenters. The maximum Gasteiger partial charge on any atom is 0.321 e. The summed E-state index contributed by atoms with van der Waals surface area (Å²) in [5.74, 6) is 1.62. The zero-order valence-corrected chi connectivity index (χ0v) is 45.9. The highest BCUT2D eigenvalue weighted by Gasteiger charge is 2.43. The van der Waals surface area contributed by atoms with Crippen molar-refractivity contribution in [3.63, 3.8) is 0 Å². The van der Waals surface area contributed by atoms with Crippen LogP contribution in [0, 0.1) is 35.5 Å². The van der Waals surface area contributed by atoms with E-state index in [1.54, 1.807) is 19.2 Å². The monoisotopic (exact) mass is 1010 g/mol. The smallest absolute Gasteiger partial charge is 0.321 e. The number of nitriles is 1. The van der Waals surface area contributed by atoms with Gasteiger partial charge in [-0.05, 0) is 121 Å². The first-order chi connectivity index (χ1) is 33.5. The number of rotatable bonds is 22. The molecular formula is C56H79ClN7O6S+. The number of thiol groups is 1. The van der Waals surface area contributed by atoms with E-state index in [9.17, 15) is 29.6 Å². The summed E-state index contributed by atoms with van der Waals surface area (Å²) in [6.45, 7) is 23.8. The number of nitrogens with one attached hydrogen (secondary N) is 2. The van der Waals surface area contributed by atoms with Crippen LogP contribution >= 0.6 is 24.4 Å². The van der Waals surface area contributed by atoms with Gasteiger partial charge in [0.2, 0.25) is 0 Å². The van der Waals surface area contributed by atoms with Crippen LogP contribution in [0.1, 0.15) is 171 Å². The number of anilines is 2. The molecule has 4 aromatic rings. The van der Waals surface area contributed by atoms with Gasteiger partial charge in [0.15, 0.2) is 5.78 Å². The maximum absolute atomic E-state index is 12.6. The summed E-state index contributed by atoms with van der Waals surface area (Å²) in [5, 5.41) is 22.7. The molecule has 15 heteroatoms. The number of ketones is 3. The van der Waals surface area contributed by atoms with Crippen LogP contribution in [-0.4, -0.2) is 67.8 Å². The summed E-state index contributed by atoms with van der Waals surface area (Å²) in [4.78, 5) is 57.0. The lowest BCUT2D eigenvalue weighted by atomic mass is 9.73. The number of ether oxygens (including phenoxy) is 1. The van der Waals surface area contributed by atoms with Crippen molar-refractivity contribution in [3.8, 4) is 11.8 Å². The number of amides is 2. The molecule has 3 N–H and O–H groups in total. The van der Waals surface area contributed by atoms with Crippen molar-refractivity contribution in [2.24, 2.45) is 17.3 Å². The average molecular weight is 1010 g/mol. The highest BCUT2D eigenvalue weighted by molar-refractivity contribution is 7.74. The summed E-state index contributed by atoms with van der Waals surface area (Å²) >= 11 is 10.3. The molecular weight excluding hydrogens is 934 g/mol. The number of carbonyl (C=O) groups is 4. The molecule has 0 bridgehead atoms. The standard InChI is InChI=1S/C24H38N2O2.C23H25ClN5O2S.C9H16O2/c1-6-10-11-14-24(9-4)16-26(17-24)23(28)25-20-12-13-21(19(8-3)15-20)22(27)18(5)7-2;1-15-16(13-25)11-18(12-21(15)24)23(2,3)17-5-7-20(8-6-17)31-14-19-9-10-26-22(27-19)28-29(4,30)32;1-4-9(11)6-5-7(2)8(3)10/h12-13,15,18H,6-11,14,16-17H2,1-5H3,(H,25,28);5-12,30,32H,14H2,1-4H3,(H,26,27,28);7H,4-6H2,1-3H3/q;+1;. The van der Waals surface area contributed by atoms with Crippen LogP contribution in [0.15, 0.2) is 66.9 Å². The van der Waals surface area contributed by atoms with E-state index in [4.69, 9.17) is 16.3 Å². The molecule has 71 heavy (non-hydrogen) atoms. The fourth-order valence-corrected chi connectivity index (χ4v) is 8.31. The number of Topliss-reactive ketones (excluding diaryl/α,β-unsaturated/α-hetero) is 3. The van der Waals surface area contributed by atoms with Gasteiger partial charge in [-0.2, -0.15) is 15.9 Å². The molecule has 1 aromatic heterocycles. The molecule has 2 amide bonds. The number of aryl methyl sites for hydroxylation is 1. The normalized spacial score (nSPS) is 14.4. The Hall–Kier alpha value is -5.33. The Balaban J connectivity index is 0.000000313. The lowest BCUT2D eigenvalue weighted by Gasteiger charge is -2.50. The highest BCUT2D eigenvalue weighted by atomic mass is 35.5. The van der Waals surface area contributed by atoms with E-state index in [1.165, 1.54) is 32.7 Å². The Labute approximate surface area is 434 Å². The van der Waals surface area contributed by atoms with Gasteiger partial charge >= 0.3 is 6.03 Å². The van der Waals surface area contributed by atoms with Crippen LogP contribution in [-0.2, 0) is 28.0 Å². The second-order valence-corrected chi connectivity index (χ2v) is 20.7. The van der Waals surface area contributed by atoms with Gasteiger partial charge in [0, 0.05) is 71.1 Å². The Kier molecular flexibility index (Phi) is 23.7. The molecule has 1 aliphatic rings. The van der Waals surface area contributed by atoms with Gasteiger partial charge in [0.1, 0.15) is 43.8 Å². The molecule has 0 saturated carbocycles. The lowest BCUT2D eigenvalue weighted by Crippen LogP contribution is -2.59. The van der Waals surface area contributed by atoms with Crippen LogP contribution < -0.4 is 15.5 Å². The minimum absolute atomic E-state index is 0.0253. The van der Waals surface area contributed by atoms with E-state index in [2.05, 4.69) is 74.2 Å². The summed E-state index contributed by atoms with van der Waals surface area (Å²) in [6, 6.07) is 21.2. The third-order valence-corrected chi connectivity index (χ3v) is 14.1. The number of carbonyl (C=O) groups excluding carboxylic acids is 4. The molecule has 0 aliphatic carbocycles. The van der Waals surface area contributed by atoms with E-state index in [-0.39, 0.29) is 53.2 Å². The third-order valence-electron chi connectivity index (χ3n) is 13.6. The Bertz CT molecular complexity index is 2440. The molecule has 386 valence electrons. The molecule has 2 heterocycles. The molecule has 5 rings (SSSR count). The van der Waals surface area contributed by atoms with Gasteiger partial charge < -0.3 is 15.0 Å². The largest absolute Gasteiger partial charge is 0.487 e. The Morgan fingerprint density at radius 2 is 1.66 bits per heavy atom. The molecule has 0 spiro atoms. The van der Waals surface area contributed by atoms with Gasteiger partial charge in [-0.15, -0.1) is 0 Å². The minimum Gasteiger partial charge on any atom is -0.487 e. The molecule has 1 fully saturated rings.